The van der Waals surface area contributed by atoms with E-state index in [1.54, 1.807) is 19.1 Å². The molecule has 0 heterocycles. The van der Waals surface area contributed by atoms with Crippen LogP contribution >= 0.6 is 0 Å². The van der Waals surface area contributed by atoms with Crippen molar-refractivity contribution in [1.29, 1.82) is 5.26 Å². The molecule has 164 valence electrons. The number of hydrogen-bond donors (Lipinski definition) is 0. The second-order valence-electron chi connectivity index (χ2n) is 6.16. The lowest BCUT2D eigenvalue weighted by Gasteiger charge is -2.25. The van der Waals surface area contributed by atoms with Gasteiger partial charge in [-0.15, -0.1) is 0 Å². The van der Waals surface area contributed by atoms with E-state index in [0.717, 1.165) is 23.4 Å². The Morgan fingerprint density at radius 1 is 1.06 bits per heavy atom. The molecule has 0 aliphatic carbocycles. The molecule has 0 amide bonds. The third kappa shape index (κ3) is 8.58. The van der Waals surface area contributed by atoms with Gasteiger partial charge < -0.3 is 19.1 Å². The van der Waals surface area contributed by atoms with E-state index < -0.39 is 17.9 Å². The van der Waals surface area contributed by atoms with Crippen LogP contribution in [-0.2, 0) is 28.6 Å². The lowest BCUT2D eigenvalue weighted by Crippen LogP contribution is -2.32. The molecule has 0 saturated carbocycles. The fraction of sp³-hybridized carbons (Fsp3) is 0.304. The molecule has 0 atom stereocenters. The first-order valence-electron chi connectivity index (χ1n) is 9.59. The summed E-state index contributed by atoms with van der Waals surface area (Å²) in [4.78, 5) is 36.3. The van der Waals surface area contributed by atoms with Gasteiger partial charge in [0.15, 0.2) is 0 Å². The highest BCUT2D eigenvalue weighted by atomic mass is 16.5. The maximum absolute atomic E-state index is 11.8. The molecule has 8 heteroatoms. The lowest BCUT2D eigenvalue weighted by atomic mass is 10.0. The summed E-state index contributed by atoms with van der Waals surface area (Å²) in [7, 11) is 0. The topological polar surface area (TPSA) is 106 Å². The van der Waals surface area contributed by atoms with E-state index in [0.29, 0.717) is 18.7 Å². The highest BCUT2D eigenvalue weighted by molar-refractivity contribution is 5.98. The van der Waals surface area contributed by atoms with E-state index in [4.69, 9.17) is 14.2 Å². The summed E-state index contributed by atoms with van der Waals surface area (Å²) in [5, 5.41) is 9.22. The van der Waals surface area contributed by atoms with Crippen LogP contribution in [-0.4, -0.2) is 50.8 Å². The van der Waals surface area contributed by atoms with E-state index in [9.17, 15) is 19.6 Å². The van der Waals surface area contributed by atoms with Crippen LogP contribution in [0.5, 0.6) is 0 Å². The summed E-state index contributed by atoms with van der Waals surface area (Å²) in [6.45, 7) is 11.3. The Kier molecular flexibility index (Phi) is 10.9. The van der Waals surface area contributed by atoms with E-state index >= 15 is 0 Å². The van der Waals surface area contributed by atoms with Crippen LogP contribution in [0.1, 0.15) is 18.1 Å². The summed E-state index contributed by atoms with van der Waals surface area (Å²) in [6, 6.07) is 7.27. The van der Waals surface area contributed by atoms with Crippen molar-refractivity contribution < 1.29 is 28.6 Å². The number of nitriles is 1. The predicted octanol–water partition coefficient (Wildman–Crippen LogP) is 2.73. The summed E-state index contributed by atoms with van der Waals surface area (Å²) < 4.78 is 15.0. The maximum Gasteiger partial charge on any atom is 0.348 e. The SMILES string of the molecule is C=CC(=O)OCCN(CCOC(=O)C=C)c1ccc(/C=C(/C#N)C(=O)OCC)c(C)c1. The van der Waals surface area contributed by atoms with Gasteiger partial charge in [0.2, 0.25) is 0 Å². The number of anilines is 1. The Morgan fingerprint density at radius 2 is 1.65 bits per heavy atom. The van der Waals surface area contributed by atoms with Crippen molar-refractivity contribution in [3.05, 3.63) is 60.2 Å². The molecule has 0 radical (unpaired) electrons. The van der Waals surface area contributed by atoms with Gasteiger partial charge in [-0.2, -0.15) is 5.26 Å². The van der Waals surface area contributed by atoms with Gasteiger partial charge in [0.1, 0.15) is 24.9 Å². The number of hydrogen-bond acceptors (Lipinski definition) is 8. The average Bonchev–Trinajstić information content (AvgIpc) is 2.76. The molecular weight excluding hydrogens is 400 g/mol. The summed E-state index contributed by atoms with van der Waals surface area (Å²) in [5.41, 5.74) is 2.19. The van der Waals surface area contributed by atoms with Gasteiger partial charge in [-0.3, -0.25) is 0 Å². The molecule has 0 aromatic heterocycles. The Bertz CT molecular complexity index is 872. The van der Waals surface area contributed by atoms with Crippen molar-refractivity contribution in [3.63, 3.8) is 0 Å². The Labute approximate surface area is 182 Å². The van der Waals surface area contributed by atoms with Crippen LogP contribution in [0.2, 0.25) is 0 Å². The second kappa shape index (κ2) is 13.4. The average molecular weight is 426 g/mol. The lowest BCUT2D eigenvalue weighted by molar-refractivity contribution is -0.138. The monoisotopic (exact) mass is 426 g/mol. The Balaban J connectivity index is 3.04. The molecule has 0 aliphatic rings. The fourth-order valence-corrected chi connectivity index (χ4v) is 2.52. The van der Waals surface area contributed by atoms with E-state index in [1.165, 1.54) is 6.08 Å². The van der Waals surface area contributed by atoms with Crippen molar-refractivity contribution in [2.75, 3.05) is 37.8 Å². The number of ether oxygens (including phenoxy) is 3. The maximum atomic E-state index is 11.8. The molecule has 1 aromatic carbocycles. The second-order valence-corrected chi connectivity index (χ2v) is 6.16. The number of benzene rings is 1. The highest BCUT2D eigenvalue weighted by Gasteiger charge is 2.13. The van der Waals surface area contributed by atoms with Crippen molar-refractivity contribution in [1.82, 2.24) is 0 Å². The number of carbonyl (C=O) groups excluding carboxylic acids is 3. The van der Waals surface area contributed by atoms with Crippen molar-refractivity contribution in [3.8, 4) is 6.07 Å². The molecule has 0 N–H and O–H groups in total. The molecule has 0 saturated heterocycles. The van der Waals surface area contributed by atoms with Crippen LogP contribution in [0.3, 0.4) is 0 Å². The van der Waals surface area contributed by atoms with Gasteiger partial charge in [0.05, 0.1) is 19.7 Å². The van der Waals surface area contributed by atoms with Crippen LogP contribution in [0.15, 0.2) is 49.1 Å². The van der Waals surface area contributed by atoms with Crippen LogP contribution in [0.25, 0.3) is 6.08 Å². The Hall–Kier alpha value is -3.86. The standard InChI is InChI=1S/C23H26N2O6/c1-5-21(26)30-12-10-25(11-13-31-22(27)6-2)20-9-8-18(17(4)14-20)15-19(16-24)23(28)29-7-3/h5-6,8-9,14-15H,1-2,7,10-13H2,3-4H3/b19-15-. The van der Waals surface area contributed by atoms with Crippen LogP contribution in [0, 0.1) is 18.3 Å². The molecule has 8 nitrogen and oxygen atoms in total. The summed E-state index contributed by atoms with van der Waals surface area (Å²) in [5.74, 6) is -1.74. The zero-order valence-electron chi connectivity index (χ0n) is 17.8. The van der Waals surface area contributed by atoms with Crippen LogP contribution in [0.4, 0.5) is 5.69 Å². The van der Waals surface area contributed by atoms with E-state index in [2.05, 4.69) is 13.2 Å². The van der Waals surface area contributed by atoms with Crippen molar-refractivity contribution in [2.45, 2.75) is 13.8 Å². The minimum Gasteiger partial charge on any atom is -0.462 e. The molecule has 1 rings (SSSR count). The third-order valence-electron chi connectivity index (χ3n) is 4.08. The van der Waals surface area contributed by atoms with Crippen molar-refractivity contribution >= 4 is 29.7 Å². The molecule has 0 spiro atoms. The minimum absolute atomic E-state index is 0.0952. The number of rotatable bonds is 12. The molecule has 31 heavy (non-hydrogen) atoms. The third-order valence-corrected chi connectivity index (χ3v) is 4.08. The molecule has 0 aliphatic heterocycles. The smallest absolute Gasteiger partial charge is 0.348 e. The van der Waals surface area contributed by atoms with Gasteiger partial charge in [0.25, 0.3) is 0 Å². The van der Waals surface area contributed by atoms with Crippen molar-refractivity contribution in [2.24, 2.45) is 0 Å². The largest absolute Gasteiger partial charge is 0.462 e. The predicted molar refractivity (Wildman–Crippen MR) is 116 cm³/mol. The Morgan fingerprint density at radius 3 is 2.10 bits per heavy atom. The highest BCUT2D eigenvalue weighted by Crippen LogP contribution is 2.21. The summed E-state index contributed by atoms with van der Waals surface area (Å²) in [6.07, 6.45) is 3.63. The first-order valence-corrected chi connectivity index (χ1v) is 9.59. The number of nitrogens with zero attached hydrogens (tertiary/aromatic N) is 2. The zero-order valence-corrected chi connectivity index (χ0v) is 17.8. The minimum atomic E-state index is -0.678. The van der Waals surface area contributed by atoms with Gasteiger partial charge in [0, 0.05) is 17.8 Å². The summed E-state index contributed by atoms with van der Waals surface area (Å²) >= 11 is 0. The molecule has 1 aromatic rings. The van der Waals surface area contributed by atoms with Gasteiger partial charge in [-0.05, 0) is 43.2 Å². The van der Waals surface area contributed by atoms with E-state index in [1.807, 2.05) is 24.0 Å². The first-order chi connectivity index (χ1) is 14.9. The van der Waals surface area contributed by atoms with Gasteiger partial charge in [-0.25, -0.2) is 14.4 Å². The quantitative estimate of drug-likeness (QED) is 0.217. The van der Waals surface area contributed by atoms with Crippen LogP contribution < -0.4 is 4.90 Å². The molecule has 0 fully saturated rings. The molecular formula is C23H26N2O6. The zero-order chi connectivity index (χ0) is 23.2. The first kappa shape index (κ1) is 25.2. The molecule has 0 bridgehead atoms. The number of carbonyl (C=O) groups is 3. The van der Waals surface area contributed by atoms with Gasteiger partial charge >= 0.3 is 17.9 Å². The number of aryl methyl sites for hydroxylation is 1. The molecule has 0 unspecified atom stereocenters. The normalized spacial score (nSPS) is 10.4. The van der Waals surface area contributed by atoms with E-state index in [-0.39, 0.29) is 25.4 Å². The number of esters is 3. The van der Waals surface area contributed by atoms with Gasteiger partial charge in [-0.1, -0.05) is 19.2 Å². The fourth-order valence-electron chi connectivity index (χ4n) is 2.52.